The summed E-state index contributed by atoms with van der Waals surface area (Å²) >= 11 is 0. The summed E-state index contributed by atoms with van der Waals surface area (Å²) in [4.78, 5) is 26.9. The summed E-state index contributed by atoms with van der Waals surface area (Å²) in [5.74, 6) is 0.559. The van der Waals surface area contributed by atoms with Gasteiger partial charge >= 0.3 is 12.2 Å². The van der Waals surface area contributed by atoms with Crippen molar-refractivity contribution in [2.75, 3.05) is 14.1 Å². The molecule has 0 atom stereocenters. The van der Waals surface area contributed by atoms with Crippen LogP contribution in [0, 0.1) is 13.8 Å². The maximum Gasteiger partial charge on any atom is 0.412 e. The Morgan fingerprint density at radius 3 is 2.04 bits per heavy atom. The van der Waals surface area contributed by atoms with Crippen LogP contribution in [0.15, 0.2) is 35.3 Å². The number of carbonyl (C=O) groups excluding carboxylic acids is 2. The number of amides is 2. The molecule has 8 heteroatoms. The van der Waals surface area contributed by atoms with Crippen LogP contribution in [0.5, 0.6) is 17.2 Å². The summed E-state index contributed by atoms with van der Waals surface area (Å²) in [5, 5.41) is 14.8. The fourth-order valence-electron chi connectivity index (χ4n) is 2.33. The van der Waals surface area contributed by atoms with Crippen LogP contribution in [0.25, 0.3) is 0 Å². The molecular formula is C19H21N3O5. The van der Waals surface area contributed by atoms with Crippen LogP contribution >= 0.6 is 0 Å². The van der Waals surface area contributed by atoms with Crippen molar-refractivity contribution in [3.05, 3.63) is 47.0 Å². The van der Waals surface area contributed by atoms with Gasteiger partial charge in [-0.3, -0.25) is 4.99 Å². The van der Waals surface area contributed by atoms with Crippen LogP contribution in [-0.2, 0) is 0 Å². The van der Waals surface area contributed by atoms with Gasteiger partial charge in [-0.25, -0.2) is 9.59 Å². The topological polar surface area (TPSA) is 109 Å². The Morgan fingerprint density at radius 2 is 1.52 bits per heavy atom. The first-order chi connectivity index (χ1) is 12.8. The average molecular weight is 371 g/mol. The van der Waals surface area contributed by atoms with E-state index in [1.165, 1.54) is 26.4 Å². The number of nitrogens with zero attached hydrogens (tertiary/aromatic N) is 1. The maximum absolute atomic E-state index is 11.3. The Kier molecular flexibility index (Phi) is 6.37. The third-order valence-electron chi connectivity index (χ3n) is 3.63. The number of phenols is 1. The molecule has 2 rings (SSSR count). The summed E-state index contributed by atoms with van der Waals surface area (Å²) < 4.78 is 10.1. The number of rotatable bonds is 4. The molecule has 0 saturated carbocycles. The van der Waals surface area contributed by atoms with Crippen LogP contribution < -0.4 is 20.1 Å². The number of carbonyl (C=O) groups is 2. The molecule has 0 aliphatic carbocycles. The molecule has 0 radical (unpaired) electrons. The number of aryl methyl sites for hydroxylation is 2. The van der Waals surface area contributed by atoms with Crippen molar-refractivity contribution in [2.45, 2.75) is 13.8 Å². The molecule has 2 amide bonds. The number of hydrogen-bond acceptors (Lipinski definition) is 6. The van der Waals surface area contributed by atoms with Crippen LogP contribution in [-0.4, -0.2) is 37.6 Å². The van der Waals surface area contributed by atoms with Crippen molar-refractivity contribution in [3.63, 3.8) is 0 Å². The standard InChI is InChI=1S/C19H21N3O5/c1-11-7-15(27-19(25)21-4)8-12(2)17(11)22-10-13-5-6-14(9-16(13)23)26-18(24)20-3/h5-10,23H,1-4H3,(H,20,24)(H,21,25). The Bertz CT molecular complexity index is 870. The van der Waals surface area contributed by atoms with E-state index >= 15 is 0 Å². The summed E-state index contributed by atoms with van der Waals surface area (Å²) in [7, 11) is 2.93. The summed E-state index contributed by atoms with van der Waals surface area (Å²) in [6, 6.07) is 7.88. The van der Waals surface area contributed by atoms with Crippen molar-refractivity contribution < 1.29 is 24.2 Å². The molecule has 2 aromatic rings. The second kappa shape index (κ2) is 8.70. The highest BCUT2D eigenvalue weighted by Crippen LogP contribution is 2.30. The molecule has 0 aliphatic heterocycles. The van der Waals surface area contributed by atoms with Gasteiger partial charge in [0.2, 0.25) is 0 Å². The minimum absolute atomic E-state index is 0.0740. The molecule has 0 fully saturated rings. The number of nitrogens with one attached hydrogen (secondary N) is 2. The fraction of sp³-hybridized carbons (Fsp3) is 0.211. The molecule has 0 saturated heterocycles. The zero-order valence-electron chi connectivity index (χ0n) is 15.5. The molecular weight excluding hydrogens is 350 g/mol. The summed E-state index contributed by atoms with van der Waals surface area (Å²) in [6.45, 7) is 3.69. The molecule has 0 spiro atoms. The van der Waals surface area contributed by atoms with E-state index in [1.807, 2.05) is 13.8 Å². The van der Waals surface area contributed by atoms with Gasteiger partial charge in [0, 0.05) is 31.9 Å². The number of phenolic OH excluding ortho intramolecular Hbond substituents is 1. The molecule has 3 N–H and O–H groups in total. The number of benzene rings is 2. The van der Waals surface area contributed by atoms with Gasteiger partial charge in [-0.05, 0) is 49.2 Å². The van der Waals surface area contributed by atoms with Gasteiger partial charge in [0.15, 0.2) is 0 Å². The maximum atomic E-state index is 11.3. The molecule has 2 aromatic carbocycles. The number of aliphatic imine (C=N–C) groups is 1. The van der Waals surface area contributed by atoms with Crippen molar-refractivity contribution in [1.82, 2.24) is 10.6 Å². The van der Waals surface area contributed by atoms with Gasteiger partial charge in [-0.2, -0.15) is 0 Å². The normalized spacial score (nSPS) is 10.5. The Hall–Kier alpha value is -3.55. The molecule has 0 unspecified atom stereocenters. The largest absolute Gasteiger partial charge is 0.507 e. The second-order valence-electron chi connectivity index (χ2n) is 5.66. The van der Waals surface area contributed by atoms with Gasteiger partial charge in [0.1, 0.15) is 17.2 Å². The smallest absolute Gasteiger partial charge is 0.412 e. The molecule has 0 aromatic heterocycles. The molecule has 8 nitrogen and oxygen atoms in total. The average Bonchev–Trinajstić information content (AvgIpc) is 2.62. The van der Waals surface area contributed by atoms with Gasteiger partial charge in [-0.15, -0.1) is 0 Å². The Morgan fingerprint density at radius 1 is 0.963 bits per heavy atom. The van der Waals surface area contributed by atoms with Crippen molar-refractivity contribution >= 4 is 24.1 Å². The Labute approximate surface area is 156 Å². The monoisotopic (exact) mass is 371 g/mol. The highest BCUT2D eigenvalue weighted by molar-refractivity contribution is 5.86. The molecule has 0 heterocycles. The van der Waals surface area contributed by atoms with Crippen LogP contribution in [0.1, 0.15) is 16.7 Å². The Balaban J connectivity index is 2.22. The quantitative estimate of drug-likeness (QED) is 0.715. The van der Waals surface area contributed by atoms with Gasteiger partial charge in [-0.1, -0.05) is 0 Å². The van der Waals surface area contributed by atoms with Crippen molar-refractivity contribution in [3.8, 4) is 17.2 Å². The molecule has 142 valence electrons. The minimum Gasteiger partial charge on any atom is -0.507 e. The highest BCUT2D eigenvalue weighted by Gasteiger charge is 2.09. The number of hydrogen-bond donors (Lipinski definition) is 3. The summed E-state index contributed by atoms with van der Waals surface area (Å²) in [6.07, 6.45) is 0.336. The van der Waals surface area contributed by atoms with E-state index in [0.29, 0.717) is 17.0 Å². The van der Waals surface area contributed by atoms with E-state index < -0.39 is 12.2 Å². The second-order valence-corrected chi connectivity index (χ2v) is 5.66. The third kappa shape index (κ3) is 5.21. The fourth-order valence-corrected chi connectivity index (χ4v) is 2.33. The summed E-state index contributed by atoms with van der Waals surface area (Å²) in [5.41, 5.74) is 2.78. The number of aromatic hydroxyl groups is 1. The lowest BCUT2D eigenvalue weighted by Gasteiger charge is -2.09. The van der Waals surface area contributed by atoms with Crippen LogP contribution in [0.3, 0.4) is 0 Å². The predicted molar refractivity (Wildman–Crippen MR) is 101 cm³/mol. The van der Waals surface area contributed by atoms with Gasteiger partial charge in [0.05, 0.1) is 5.69 Å². The van der Waals surface area contributed by atoms with Crippen LogP contribution in [0.2, 0.25) is 0 Å². The van der Waals surface area contributed by atoms with E-state index in [-0.39, 0.29) is 11.5 Å². The zero-order valence-corrected chi connectivity index (χ0v) is 15.5. The van der Waals surface area contributed by atoms with Crippen LogP contribution in [0.4, 0.5) is 15.3 Å². The SMILES string of the molecule is CNC(=O)Oc1cc(C)c(N=Cc2ccc(OC(=O)NC)cc2O)c(C)c1. The van der Waals surface area contributed by atoms with Gasteiger partial charge in [0.25, 0.3) is 0 Å². The molecule has 0 aliphatic rings. The third-order valence-corrected chi connectivity index (χ3v) is 3.63. The van der Waals surface area contributed by atoms with E-state index in [0.717, 1.165) is 11.1 Å². The van der Waals surface area contributed by atoms with E-state index in [1.54, 1.807) is 24.3 Å². The number of ether oxygens (including phenoxy) is 2. The molecule has 27 heavy (non-hydrogen) atoms. The van der Waals surface area contributed by atoms with Crippen molar-refractivity contribution in [2.24, 2.45) is 4.99 Å². The van der Waals surface area contributed by atoms with Crippen molar-refractivity contribution in [1.29, 1.82) is 0 Å². The molecule has 0 bridgehead atoms. The first-order valence-electron chi connectivity index (χ1n) is 8.11. The highest BCUT2D eigenvalue weighted by atomic mass is 16.6. The minimum atomic E-state index is -0.624. The lowest BCUT2D eigenvalue weighted by Crippen LogP contribution is -2.22. The van der Waals surface area contributed by atoms with E-state index in [9.17, 15) is 14.7 Å². The predicted octanol–water partition coefficient (Wildman–Crippen LogP) is 3.20. The lowest BCUT2D eigenvalue weighted by atomic mass is 10.1. The van der Waals surface area contributed by atoms with E-state index in [4.69, 9.17) is 9.47 Å². The lowest BCUT2D eigenvalue weighted by molar-refractivity contribution is 0.202. The first kappa shape index (κ1) is 19.8. The zero-order chi connectivity index (χ0) is 20.0. The first-order valence-corrected chi connectivity index (χ1v) is 8.11. The van der Waals surface area contributed by atoms with E-state index in [2.05, 4.69) is 15.6 Å². The van der Waals surface area contributed by atoms with Gasteiger partial charge < -0.3 is 25.2 Å².